The second-order valence-electron chi connectivity index (χ2n) is 8.29. The number of benzene rings is 3. The zero-order chi connectivity index (χ0) is 22.8. The molecule has 6 heteroatoms. The van der Waals surface area contributed by atoms with Crippen LogP contribution in [0.25, 0.3) is 22.2 Å². The van der Waals surface area contributed by atoms with Crippen molar-refractivity contribution >= 4 is 22.6 Å². The van der Waals surface area contributed by atoms with E-state index in [1.54, 1.807) is 7.11 Å². The summed E-state index contributed by atoms with van der Waals surface area (Å²) in [7, 11) is 1.66. The highest BCUT2D eigenvalue weighted by Crippen LogP contribution is 2.38. The van der Waals surface area contributed by atoms with Gasteiger partial charge in [-0.25, -0.2) is 0 Å². The zero-order valence-electron chi connectivity index (χ0n) is 18.6. The summed E-state index contributed by atoms with van der Waals surface area (Å²) in [6.45, 7) is 2.85. The Morgan fingerprint density at radius 2 is 1.58 bits per heavy atom. The number of carboxylic acids is 1. The van der Waals surface area contributed by atoms with Crippen molar-refractivity contribution in [2.45, 2.75) is 6.04 Å². The fourth-order valence-corrected chi connectivity index (χ4v) is 4.77. The molecular formula is C27H27N3O3. The molecule has 0 bridgehead atoms. The van der Waals surface area contributed by atoms with E-state index in [0.717, 1.165) is 52.3 Å². The lowest BCUT2D eigenvalue weighted by molar-refractivity contribution is -0.143. The maximum Gasteiger partial charge on any atom is 0.325 e. The standard InChI is InChI=1S/C27H27N3O3/c1-33-21-13-11-20(12-14-21)29-15-17-30(18-16-29)26(27(31)32)24-22-9-5-6-10-23(22)28-25(24)19-7-3-2-4-8-19/h2-14,26,28H,15-18H2,1H3,(H,31,32). The molecule has 1 atom stereocenters. The normalized spacial score (nSPS) is 15.5. The van der Waals surface area contributed by atoms with Gasteiger partial charge in [-0.3, -0.25) is 9.69 Å². The molecule has 3 aromatic carbocycles. The molecule has 0 saturated carbocycles. The Kier molecular flexibility index (Phi) is 5.75. The molecule has 2 heterocycles. The SMILES string of the molecule is COc1ccc(N2CCN(C(C(=O)O)c3c(-c4ccccc4)[nH]c4ccccc34)CC2)cc1. The van der Waals surface area contributed by atoms with Gasteiger partial charge in [-0.2, -0.15) is 0 Å². The third-order valence-corrected chi connectivity index (χ3v) is 6.43. The van der Waals surface area contributed by atoms with Crippen molar-refractivity contribution in [3.63, 3.8) is 0 Å². The number of ether oxygens (including phenoxy) is 1. The van der Waals surface area contributed by atoms with Crippen LogP contribution in [0.2, 0.25) is 0 Å². The number of nitrogens with one attached hydrogen (secondary N) is 1. The van der Waals surface area contributed by atoms with Crippen LogP contribution in [0.15, 0.2) is 78.9 Å². The fraction of sp³-hybridized carbons (Fsp3) is 0.222. The minimum absolute atomic E-state index is 0.663. The molecule has 168 valence electrons. The van der Waals surface area contributed by atoms with Gasteiger partial charge in [0.05, 0.1) is 12.8 Å². The van der Waals surface area contributed by atoms with Crippen molar-refractivity contribution in [2.75, 3.05) is 38.2 Å². The van der Waals surface area contributed by atoms with Gasteiger partial charge in [0.25, 0.3) is 0 Å². The number of H-pyrrole nitrogens is 1. The summed E-state index contributed by atoms with van der Waals surface area (Å²) >= 11 is 0. The molecule has 0 amide bonds. The molecule has 1 aromatic heterocycles. The molecule has 1 aliphatic heterocycles. The number of anilines is 1. The van der Waals surface area contributed by atoms with Gasteiger partial charge in [-0.1, -0.05) is 48.5 Å². The summed E-state index contributed by atoms with van der Waals surface area (Å²) in [5.74, 6) is 0.00550. The summed E-state index contributed by atoms with van der Waals surface area (Å²) in [5.41, 5.74) is 4.78. The van der Waals surface area contributed by atoms with Crippen molar-refractivity contribution in [3.8, 4) is 17.0 Å². The molecular weight excluding hydrogens is 414 g/mol. The molecule has 4 aromatic rings. The van der Waals surface area contributed by atoms with Crippen LogP contribution in [-0.4, -0.2) is 54.2 Å². The van der Waals surface area contributed by atoms with Gasteiger partial charge in [0.1, 0.15) is 11.8 Å². The van der Waals surface area contributed by atoms with Crippen LogP contribution in [0.1, 0.15) is 11.6 Å². The Bertz CT molecular complexity index is 1240. The van der Waals surface area contributed by atoms with Crippen molar-refractivity contribution < 1.29 is 14.6 Å². The average molecular weight is 442 g/mol. The minimum Gasteiger partial charge on any atom is -0.497 e. The molecule has 6 nitrogen and oxygen atoms in total. The van der Waals surface area contributed by atoms with Gasteiger partial charge in [0.2, 0.25) is 0 Å². The lowest BCUT2D eigenvalue weighted by Gasteiger charge is -2.39. The number of piperazine rings is 1. The van der Waals surface area contributed by atoms with E-state index < -0.39 is 12.0 Å². The molecule has 1 aliphatic rings. The molecule has 1 saturated heterocycles. The predicted molar refractivity (Wildman–Crippen MR) is 131 cm³/mol. The lowest BCUT2D eigenvalue weighted by atomic mass is 9.97. The Morgan fingerprint density at radius 1 is 0.909 bits per heavy atom. The molecule has 0 aliphatic carbocycles. The third-order valence-electron chi connectivity index (χ3n) is 6.43. The number of aliphatic carboxylic acids is 1. The Hall–Kier alpha value is -3.77. The number of hydrogen-bond acceptors (Lipinski definition) is 4. The number of aromatic nitrogens is 1. The summed E-state index contributed by atoms with van der Waals surface area (Å²) < 4.78 is 5.26. The predicted octanol–water partition coefficient (Wildman–Crippen LogP) is 4.79. The average Bonchev–Trinajstić information content (AvgIpc) is 3.24. The molecule has 2 N–H and O–H groups in total. The Morgan fingerprint density at radius 3 is 2.24 bits per heavy atom. The lowest BCUT2D eigenvalue weighted by Crippen LogP contribution is -2.49. The first-order valence-electron chi connectivity index (χ1n) is 11.2. The van der Waals surface area contributed by atoms with Gasteiger partial charge >= 0.3 is 5.97 Å². The highest BCUT2D eigenvalue weighted by molar-refractivity contribution is 5.95. The largest absolute Gasteiger partial charge is 0.497 e. The smallest absolute Gasteiger partial charge is 0.325 e. The summed E-state index contributed by atoms with van der Waals surface area (Å²) in [5, 5.41) is 11.3. The topological polar surface area (TPSA) is 68.8 Å². The number of carbonyl (C=O) groups is 1. The van der Waals surface area contributed by atoms with E-state index in [2.05, 4.69) is 26.9 Å². The summed E-state index contributed by atoms with van der Waals surface area (Å²) in [6.07, 6.45) is 0. The van der Waals surface area contributed by atoms with E-state index in [1.165, 1.54) is 0 Å². The van der Waals surface area contributed by atoms with E-state index in [4.69, 9.17) is 4.74 Å². The Balaban J connectivity index is 1.47. The fourth-order valence-electron chi connectivity index (χ4n) is 4.77. The highest BCUT2D eigenvalue weighted by atomic mass is 16.5. The number of hydrogen-bond donors (Lipinski definition) is 2. The first-order valence-corrected chi connectivity index (χ1v) is 11.2. The van der Waals surface area contributed by atoms with Crippen LogP contribution in [0.5, 0.6) is 5.75 Å². The van der Waals surface area contributed by atoms with Gasteiger partial charge in [-0.05, 0) is 35.9 Å². The minimum atomic E-state index is -0.824. The highest BCUT2D eigenvalue weighted by Gasteiger charge is 2.34. The monoisotopic (exact) mass is 441 g/mol. The number of aromatic amines is 1. The van der Waals surface area contributed by atoms with Gasteiger partial charge in [-0.15, -0.1) is 0 Å². The number of methoxy groups -OCH3 is 1. The second-order valence-corrected chi connectivity index (χ2v) is 8.29. The van der Waals surface area contributed by atoms with Gasteiger partial charge in [0, 0.05) is 48.3 Å². The summed E-state index contributed by atoms with van der Waals surface area (Å²) in [6, 6.07) is 25.2. The van der Waals surface area contributed by atoms with Crippen molar-refractivity contribution in [1.82, 2.24) is 9.88 Å². The van der Waals surface area contributed by atoms with Crippen LogP contribution in [0.4, 0.5) is 5.69 Å². The number of rotatable bonds is 6. The van der Waals surface area contributed by atoms with E-state index >= 15 is 0 Å². The number of fused-ring (bicyclic) bond motifs is 1. The number of para-hydroxylation sites is 1. The molecule has 5 rings (SSSR count). The van der Waals surface area contributed by atoms with Crippen LogP contribution >= 0.6 is 0 Å². The van der Waals surface area contributed by atoms with Gasteiger partial charge in [0.15, 0.2) is 0 Å². The van der Waals surface area contributed by atoms with Crippen molar-refractivity contribution in [1.29, 1.82) is 0 Å². The van der Waals surface area contributed by atoms with E-state index in [9.17, 15) is 9.90 Å². The molecule has 1 fully saturated rings. The van der Waals surface area contributed by atoms with Crippen LogP contribution < -0.4 is 9.64 Å². The number of carboxylic acid groups (broad SMARTS) is 1. The zero-order valence-corrected chi connectivity index (χ0v) is 18.6. The first-order chi connectivity index (χ1) is 16.2. The second kappa shape index (κ2) is 9.00. The van der Waals surface area contributed by atoms with E-state index in [1.807, 2.05) is 66.7 Å². The maximum absolute atomic E-state index is 12.7. The maximum atomic E-state index is 12.7. The van der Waals surface area contributed by atoms with E-state index in [-0.39, 0.29) is 0 Å². The van der Waals surface area contributed by atoms with Crippen LogP contribution in [-0.2, 0) is 4.79 Å². The van der Waals surface area contributed by atoms with Crippen LogP contribution in [0, 0.1) is 0 Å². The summed E-state index contributed by atoms with van der Waals surface area (Å²) in [4.78, 5) is 20.5. The molecule has 1 unspecified atom stereocenters. The van der Waals surface area contributed by atoms with Crippen LogP contribution in [0.3, 0.4) is 0 Å². The number of nitrogens with zero attached hydrogens (tertiary/aromatic N) is 2. The third kappa shape index (κ3) is 4.05. The molecule has 0 spiro atoms. The quantitative estimate of drug-likeness (QED) is 0.450. The molecule has 33 heavy (non-hydrogen) atoms. The first kappa shape index (κ1) is 21.1. The van der Waals surface area contributed by atoms with E-state index in [0.29, 0.717) is 13.1 Å². The Labute approximate surface area is 193 Å². The van der Waals surface area contributed by atoms with Gasteiger partial charge < -0.3 is 19.7 Å². The van der Waals surface area contributed by atoms with Crippen molar-refractivity contribution in [2.24, 2.45) is 0 Å². The van der Waals surface area contributed by atoms with Crippen molar-refractivity contribution in [3.05, 3.63) is 84.4 Å². The molecule has 0 radical (unpaired) electrons.